The summed E-state index contributed by atoms with van der Waals surface area (Å²) in [5, 5.41) is 8.13. The van der Waals surface area contributed by atoms with Crippen LogP contribution in [0.3, 0.4) is 0 Å². The first-order valence-corrected chi connectivity index (χ1v) is 5.62. The average molecular weight is 248 g/mol. The van der Waals surface area contributed by atoms with Crippen molar-refractivity contribution in [3.05, 3.63) is 28.7 Å². The molecule has 86 valence electrons. The monoisotopic (exact) mass is 248 g/mol. The van der Waals surface area contributed by atoms with Gasteiger partial charge < -0.3 is 14.9 Å². The molecule has 0 bridgehead atoms. The molecule has 2 aromatic heterocycles. The summed E-state index contributed by atoms with van der Waals surface area (Å²) in [5.41, 5.74) is 2.24. The highest BCUT2D eigenvalue weighted by molar-refractivity contribution is 7.09. The van der Waals surface area contributed by atoms with Crippen molar-refractivity contribution < 1.29 is 0 Å². The van der Waals surface area contributed by atoms with Crippen molar-refractivity contribution in [3.8, 4) is 0 Å². The van der Waals surface area contributed by atoms with Crippen LogP contribution in [0.1, 0.15) is 0 Å². The van der Waals surface area contributed by atoms with Crippen LogP contribution >= 0.6 is 11.5 Å². The van der Waals surface area contributed by atoms with Crippen LogP contribution in [0.2, 0.25) is 0 Å². The summed E-state index contributed by atoms with van der Waals surface area (Å²) in [6.45, 7) is 0. The Morgan fingerprint density at radius 2 is 2.12 bits per heavy atom. The zero-order chi connectivity index (χ0) is 11.8. The molecule has 2 heterocycles. The Hall–Kier alpha value is -2.22. The van der Waals surface area contributed by atoms with Crippen molar-refractivity contribution in [2.45, 2.75) is 0 Å². The van der Waals surface area contributed by atoms with Crippen molar-refractivity contribution >= 4 is 33.4 Å². The Bertz CT molecular complexity index is 700. The van der Waals surface area contributed by atoms with Crippen LogP contribution in [0.25, 0.3) is 11.0 Å². The predicted octanol–water partition coefficient (Wildman–Crippen LogP) is 0.871. The van der Waals surface area contributed by atoms with Gasteiger partial charge in [-0.25, -0.2) is 4.79 Å². The van der Waals surface area contributed by atoms with E-state index in [9.17, 15) is 4.79 Å². The van der Waals surface area contributed by atoms with Gasteiger partial charge in [0.15, 0.2) is 0 Å². The van der Waals surface area contributed by atoms with E-state index in [1.165, 1.54) is 11.5 Å². The van der Waals surface area contributed by atoms with Crippen LogP contribution in [0.15, 0.2) is 23.0 Å². The molecule has 0 aliphatic rings. The normalized spacial score (nSPS) is 10.9. The number of benzene rings is 1. The predicted molar refractivity (Wildman–Crippen MR) is 64.7 cm³/mol. The van der Waals surface area contributed by atoms with Gasteiger partial charge in [-0.2, -0.15) is 0 Å². The Labute approximate surface area is 99.3 Å². The van der Waals surface area contributed by atoms with E-state index in [4.69, 9.17) is 0 Å². The van der Waals surface area contributed by atoms with Crippen LogP contribution < -0.4 is 10.6 Å². The number of anilines is 2. The van der Waals surface area contributed by atoms with Crippen LogP contribution in [0, 0.1) is 0 Å². The fourth-order valence-electron chi connectivity index (χ4n) is 1.60. The van der Waals surface area contributed by atoms with E-state index < -0.39 is 0 Å². The van der Waals surface area contributed by atoms with Crippen molar-refractivity contribution in [1.82, 2.24) is 24.8 Å². The maximum atomic E-state index is 11.1. The van der Waals surface area contributed by atoms with E-state index in [-0.39, 0.29) is 5.69 Å². The average Bonchev–Trinajstić information content (AvgIpc) is 2.94. The minimum atomic E-state index is -0.211. The summed E-state index contributed by atoms with van der Waals surface area (Å²) >= 11 is 1.21. The molecule has 0 saturated heterocycles. The SMILES string of the molecule is CN(c1ccc2[nH]c(=O)[nH]c2c1)c1nnns1. The highest BCUT2D eigenvalue weighted by atomic mass is 32.1. The molecule has 17 heavy (non-hydrogen) atoms. The number of fused-ring (bicyclic) bond motifs is 1. The zero-order valence-electron chi connectivity index (χ0n) is 8.84. The zero-order valence-corrected chi connectivity index (χ0v) is 9.65. The summed E-state index contributed by atoms with van der Waals surface area (Å²) < 4.78 is 3.71. The molecule has 3 aromatic rings. The number of aromatic nitrogens is 5. The molecule has 0 amide bonds. The quantitative estimate of drug-likeness (QED) is 0.702. The second kappa shape index (κ2) is 3.67. The molecule has 3 rings (SSSR count). The summed E-state index contributed by atoms with van der Waals surface area (Å²) in [7, 11) is 1.87. The molecule has 0 saturated carbocycles. The highest BCUT2D eigenvalue weighted by Gasteiger charge is 2.09. The first-order chi connectivity index (χ1) is 8.24. The van der Waals surface area contributed by atoms with Crippen LogP contribution in [0.5, 0.6) is 0 Å². The van der Waals surface area contributed by atoms with E-state index in [2.05, 4.69) is 24.8 Å². The Morgan fingerprint density at radius 1 is 1.29 bits per heavy atom. The number of H-pyrrole nitrogens is 2. The van der Waals surface area contributed by atoms with Crippen LogP contribution in [0.4, 0.5) is 10.8 Å². The number of hydrogen-bond donors (Lipinski definition) is 2. The van der Waals surface area contributed by atoms with E-state index >= 15 is 0 Å². The van der Waals surface area contributed by atoms with Gasteiger partial charge in [-0.1, -0.05) is 9.59 Å². The van der Waals surface area contributed by atoms with E-state index in [0.29, 0.717) is 5.13 Å². The first-order valence-electron chi connectivity index (χ1n) is 4.85. The molecule has 0 radical (unpaired) electrons. The smallest absolute Gasteiger partial charge is 0.318 e. The Morgan fingerprint density at radius 3 is 2.88 bits per heavy atom. The van der Waals surface area contributed by atoms with Gasteiger partial charge in [0.2, 0.25) is 5.13 Å². The Kier molecular flexibility index (Phi) is 2.15. The van der Waals surface area contributed by atoms with Gasteiger partial charge in [-0.05, 0) is 23.4 Å². The lowest BCUT2D eigenvalue weighted by atomic mass is 10.2. The molecule has 0 atom stereocenters. The molecule has 0 aliphatic heterocycles. The minimum Gasteiger partial charge on any atom is -0.318 e. The van der Waals surface area contributed by atoms with Gasteiger partial charge in [-0.3, -0.25) is 0 Å². The van der Waals surface area contributed by atoms with E-state index in [1.54, 1.807) is 0 Å². The lowest BCUT2D eigenvalue weighted by Gasteiger charge is -2.14. The maximum absolute atomic E-state index is 11.1. The van der Waals surface area contributed by atoms with Crippen molar-refractivity contribution in [1.29, 1.82) is 0 Å². The summed E-state index contributed by atoms with van der Waals surface area (Å²) in [5.74, 6) is 0. The third kappa shape index (κ3) is 1.68. The second-order valence-corrected chi connectivity index (χ2v) is 4.22. The molecule has 0 unspecified atom stereocenters. The molecular formula is C9H8N6OS. The molecule has 8 heteroatoms. The standard InChI is InChI=1S/C9H8N6OS/c1-15(9-12-13-14-17-9)5-2-3-6-7(4-5)11-8(16)10-6/h2-4H,1H3,(H2,10,11,16). The van der Waals surface area contributed by atoms with E-state index in [1.807, 2.05) is 30.1 Å². The molecule has 0 fully saturated rings. The summed E-state index contributed by atoms with van der Waals surface area (Å²) in [4.78, 5) is 18.4. The fourth-order valence-corrected chi connectivity index (χ4v) is 2.04. The summed E-state index contributed by atoms with van der Waals surface area (Å²) in [6.07, 6.45) is 0. The van der Waals surface area contributed by atoms with Gasteiger partial charge >= 0.3 is 5.69 Å². The summed E-state index contributed by atoms with van der Waals surface area (Å²) in [6, 6.07) is 5.61. The van der Waals surface area contributed by atoms with Crippen molar-refractivity contribution in [2.75, 3.05) is 11.9 Å². The lowest BCUT2D eigenvalue weighted by molar-refractivity contribution is 0.944. The molecule has 2 N–H and O–H groups in total. The third-order valence-electron chi connectivity index (χ3n) is 2.46. The third-order valence-corrected chi connectivity index (χ3v) is 3.14. The minimum absolute atomic E-state index is 0.211. The fraction of sp³-hybridized carbons (Fsp3) is 0.111. The number of rotatable bonds is 2. The Balaban J connectivity index is 2.08. The maximum Gasteiger partial charge on any atom is 0.323 e. The lowest BCUT2D eigenvalue weighted by Crippen LogP contribution is -2.08. The molecular weight excluding hydrogens is 240 g/mol. The molecule has 0 spiro atoms. The number of hydrogen-bond acceptors (Lipinski definition) is 6. The number of aromatic amines is 2. The molecule has 1 aromatic carbocycles. The van der Waals surface area contributed by atoms with Crippen LogP contribution in [-0.2, 0) is 0 Å². The topological polar surface area (TPSA) is 90.6 Å². The largest absolute Gasteiger partial charge is 0.323 e. The highest BCUT2D eigenvalue weighted by Crippen LogP contribution is 2.25. The van der Waals surface area contributed by atoms with Crippen LogP contribution in [-0.4, -0.2) is 31.8 Å². The van der Waals surface area contributed by atoms with Gasteiger partial charge in [0.25, 0.3) is 0 Å². The van der Waals surface area contributed by atoms with Crippen molar-refractivity contribution in [2.24, 2.45) is 0 Å². The second-order valence-electron chi connectivity index (χ2n) is 3.51. The van der Waals surface area contributed by atoms with Gasteiger partial charge in [0.1, 0.15) is 0 Å². The number of imidazole rings is 1. The van der Waals surface area contributed by atoms with Gasteiger partial charge in [-0.15, -0.1) is 0 Å². The number of nitrogens with zero attached hydrogens (tertiary/aromatic N) is 4. The van der Waals surface area contributed by atoms with Gasteiger partial charge in [0, 0.05) is 24.3 Å². The van der Waals surface area contributed by atoms with E-state index in [0.717, 1.165) is 16.7 Å². The molecule has 7 nitrogen and oxygen atoms in total. The van der Waals surface area contributed by atoms with Gasteiger partial charge in [0.05, 0.1) is 11.0 Å². The number of nitrogens with one attached hydrogen (secondary N) is 2. The first kappa shape index (κ1) is 9.97. The molecule has 0 aliphatic carbocycles. The van der Waals surface area contributed by atoms with Crippen molar-refractivity contribution in [3.63, 3.8) is 0 Å².